The number of piperazine rings is 1. The van der Waals surface area contributed by atoms with Crippen molar-refractivity contribution in [3.8, 4) is 0 Å². The van der Waals surface area contributed by atoms with Crippen LogP contribution in [-0.2, 0) is 23.7 Å². The standard InChI is InChI=1S/C23H45BN2O6/c1-21(2,3)31-20(27)19-26-12-10-25(11-13-26)14-16-30-18-17-29-15-8-9-24-32-23(6,7)22(4,5)28/h8-9,24,28H,10-19H2,1-7H3/b9-8+. The molecule has 0 spiro atoms. The van der Waals surface area contributed by atoms with Gasteiger partial charge in [-0.15, -0.1) is 0 Å². The number of esters is 1. The predicted molar refractivity (Wildman–Crippen MR) is 128 cm³/mol. The van der Waals surface area contributed by atoms with Gasteiger partial charge in [0.15, 0.2) is 0 Å². The van der Waals surface area contributed by atoms with Crippen LogP contribution in [0.1, 0.15) is 48.5 Å². The van der Waals surface area contributed by atoms with Crippen molar-refractivity contribution >= 4 is 13.5 Å². The fourth-order valence-electron chi connectivity index (χ4n) is 2.86. The van der Waals surface area contributed by atoms with E-state index in [2.05, 4.69) is 9.80 Å². The van der Waals surface area contributed by atoms with Crippen molar-refractivity contribution in [1.29, 1.82) is 0 Å². The molecule has 1 aliphatic heterocycles. The fraction of sp³-hybridized carbons (Fsp3) is 0.870. The molecule has 1 N–H and O–H groups in total. The molecule has 8 nitrogen and oxygen atoms in total. The summed E-state index contributed by atoms with van der Waals surface area (Å²) in [5.74, 6) is 1.74. The summed E-state index contributed by atoms with van der Waals surface area (Å²) in [6, 6.07) is 0. The van der Waals surface area contributed by atoms with E-state index in [0.717, 1.165) is 32.7 Å². The third-order valence-corrected chi connectivity index (χ3v) is 5.56. The van der Waals surface area contributed by atoms with Gasteiger partial charge in [0, 0.05) is 32.7 Å². The maximum atomic E-state index is 11.9. The van der Waals surface area contributed by atoms with E-state index in [1.807, 2.05) is 46.7 Å². The van der Waals surface area contributed by atoms with Crippen molar-refractivity contribution in [2.24, 2.45) is 0 Å². The summed E-state index contributed by atoms with van der Waals surface area (Å²) < 4.78 is 22.3. The highest BCUT2D eigenvalue weighted by molar-refractivity contribution is 6.34. The van der Waals surface area contributed by atoms with Gasteiger partial charge in [-0.2, -0.15) is 0 Å². The van der Waals surface area contributed by atoms with Crippen molar-refractivity contribution in [2.75, 3.05) is 65.7 Å². The minimum atomic E-state index is -0.900. The Bertz CT molecular complexity index is 564. The molecule has 0 aromatic carbocycles. The van der Waals surface area contributed by atoms with Crippen LogP contribution in [0.4, 0.5) is 0 Å². The Balaban J connectivity index is 1.99. The lowest BCUT2D eigenvalue weighted by atomic mass is 9.86. The number of ether oxygens (including phenoxy) is 3. The second-order valence-electron chi connectivity index (χ2n) is 10.2. The highest BCUT2D eigenvalue weighted by atomic mass is 16.6. The monoisotopic (exact) mass is 456 g/mol. The molecule has 1 heterocycles. The topological polar surface area (TPSA) is 80.7 Å². The third kappa shape index (κ3) is 12.9. The molecular weight excluding hydrogens is 411 g/mol. The SMILES string of the molecule is CC(C)(C)OC(=O)CN1CCN(CCOCCOC/C=C/BOC(C)(C)C(C)(C)O)CC1. The molecule has 0 aliphatic carbocycles. The molecule has 0 aromatic heterocycles. The van der Waals surface area contributed by atoms with Gasteiger partial charge in [-0.3, -0.25) is 14.6 Å². The predicted octanol–water partition coefficient (Wildman–Crippen LogP) is 1.41. The summed E-state index contributed by atoms with van der Waals surface area (Å²) in [7, 11) is 0.432. The van der Waals surface area contributed by atoms with Gasteiger partial charge >= 0.3 is 13.5 Å². The second-order valence-corrected chi connectivity index (χ2v) is 10.2. The smallest absolute Gasteiger partial charge is 0.320 e. The van der Waals surface area contributed by atoms with Gasteiger partial charge in [0.05, 0.1) is 44.2 Å². The molecule has 0 atom stereocenters. The Morgan fingerprint density at radius 3 is 2.12 bits per heavy atom. The second kappa shape index (κ2) is 13.7. The first-order valence-corrected chi connectivity index (χ1v) is 11.6. The van der Waals surface area contributed by atoms with Crippen molar-refractivity contribution in [2.45, 2.75) is 65.3 Å². The molecule has 1 rings (SSSR count). The molecule has 1 aliphatic rings. The quantitative estimate of drug-likeness (QED) is 0.239. The summed E-state index contributed by atoms with van der Waals surface area (Å²) >= 11 is 0. The lowest BCUT2D eigenvalue weighted by Gasteiger charge is -2.37. The number of hydrogen-bond donors (Lipinski definition) is 1. The van der Waals surface area contributed by atoms with E-state index >= 15 is 0 Å². The number of hydrogen-bond acceptors (Lipinski definition) is 8. The van der Waals surface area contributed by atoms with Crippen LogP contribution in [0.15, 0.2) is 12.1 Å². The van der Waals surface area contributed by atoms with Gasteiger partial charge in [0.2, 0.25) is 0 Å². The van der Waals surface area contributed by atoms with Crippen LogP contribution in [0.2, 0.25) is 0 Å². The molecule has 0 amide bonds. The molecule has 32 heavy (non-hydrogen) atoms. The normalized spacial score (nSPS) is 17.1. The zero-order valence-electron chi connectivity index (χ0n) is 21.3. The van der Waals surface area contributed by atoms with Gasteiger partial charge in [0.1, 0.15) is 5.60 Å². The van der Waals surface area contributed by atoms with Gasteiger partial charge in [-0.1, -0.05) is 12.1 Å². The van der Waals surface area contributed by atoms with E-state index < -0.39 is 16.8 Å². The van der Waals surface area contributed by atoms with Gasteiger partial charge in [-0.25, -0.2) is 0 Å². The number of aliphatic hydroxyl groups is 1. The average Bonchev–Trinajstić information content (AvgIpc) is 2.65. The summed E-state index contributed by atoms with van der Waals surface area (Å²) in [4.78, 5) is 16.4. The summed E-state index contributed by atoms with van der Waals surface area (Å²) in [6.45, 7) is 20.0. The Hall–Kier alpha value is -0.965. The van der Waals surface area contributed by atoms with Crippen molar-refractivity contribution < 1.29 is 28.8 Å². The van der Waals surface area contributed by atoms with Crippen LogP contribution in [0, 0.1) is 0 Å². The molecule has 0 radical (unpaired) electrons. The maximum Gasteiger partial charge on any atom is 0.320 e. The minimum absolute atomic E-state index is 0.158. The van der Waals surface area contributed by atoms with Gasteiger partial charge in [0.25, 0.3) is 0 Å². The first-order chi connectivity index (χ1) is 14.8. The van der Waals surface area contributed by atoms with Crippen LogP contribution < -0.4 is 0 Å². The lowest BCUT2D eigenvalue weighted by Crippen LogP contribution is -2.49. The third-order valence-electron chi connectivity index (χ3n) is 5.56. The van der Waals surface area contributed by atoms with Crippen LogP contribution >= 0.6 is 0 Å². The number of carbonyl (C=O) groups is 1. The largest absolute Gasteiger partial charge is 0.459 e. The zero-order chi connectivity index (χ0) is 24.3. The minimum Gasteiger partial charge on any atom is -0.459 e. The summed E-state index contributed by atoms with van der Waals surface area (Å²) in [6.07, 6.45) is 1.91. The van der Waals surface area contributed by atoms with Crippen LogP contribution in [0.3, 0.4) is 0 Å². The van der Waals surface area contributed by atoms with Crippen molar-refractivity contribution in [3.05, 3.63) is 12.1 Å². The molecule has 0 bridgehead atoms. The summed E-state index contributed by atoms with van der Waals surface area (Å²) in [5, 5.41) is 10.0. The Morgan fingerprint density at radius 2 is 1.53 bits per heavy atom. The molecular formula is C23H45BN2O6. The Kier molecular flexibility index (Phi) is 12.4. The highest BCUT2D eigenvalue weighted by Gasteiger charge is 2.35. The van der Waals surface area contributed by atoms with E-state index in [-0.39, 0.29) is 5.97 Å². The van der Waals surface area contributed by atoms with Gasteiger partial charge < -0.3 is 24.0 Å². The molecule has 0 aromatic rings. The number of rotatable bonds is 14. The average molecular weight is 456 g/mol. The molecule has 1 fully saturated rings. The van der Waals surface area contributed by atoms with Crippen molar-refractivity contribution in [3.63, 3.8) is 0 Å². The Labute approximate surface area is 195 Å². The molecule has 186 valence electrons. The highest BCUT2D eigenvalue weighted by Crippen LogP contribution is 2.24. The summed E-state index contributed by atoms with van der Waals surface area (Å²) in [5.41, 5.74) is -1.95. The van der Waals surface area contributed by atoms with E-state index in [4.69, 9.17) is 18.9 Å². The van der Waals surface area contributed by atoms with Crippen molar-refractivity contribution in [1.82, 2.24) is 9.80 Å². The van der Waals surface area contributed by atoms with Crippen LogP contribution in [0.5, 0.6) is 0 Å². The zero-order valence-corrected chi connectivity index (χ0v) is 21.3. The molecule has 0 saturated carbocycles. The van der Waals surface area contributed by atoms with Crippen LogP contribution in [-0.4, -0.2) is 111 Å². The first kappa shape index (κ1) is 29.1. The Morgan fingerprint density at radius 1 is 0.938 bits per heavy atom. The number of carbonyl (C=O) groups excluding carboxylic acids is 1. The molecule has 1 saturated heterocycles. The van der Waals surface area contributed by atoms with Gasteiger partial charge in [-0.05, 0) is 48.5 Å². The fourth-order valence-corrected chi connectivity index (χ4v) is 2.86. The lowest BCUT2D eigenvalue weighted by molar-refractivity contribution is -0.156. The first-order valence-electron chi connectivity index (χ1n) is 11.6. The van der Waals surface area contributed by atoms with E-state index in [9.17, 15) is 9.90 Å². The number of nitrogens with zero attached hydrogens (tertiary/aromatic N) is 2. The molecule has 9 heteroatoms. The maximum absolute atomic E-state index is 11.9. The van der Waals surface area contributed by atoms with Crippen LogP contribution in [0.25, 0.3) is 0 Å². The van der Waals surface area contributed by atoms with E-state index in [1.54, 1.807) is 13.8 Å². The molecule has 0 unspecified atom stereocenters. The van der Waals surface area contributed by atoms with E-state index in [1.165, 1.54) is 0 Å². The van der Waals surface area contributed by atoms with E-state index in [0.29, 0.717) is 40.5 Å².